The van der Waals surface area contributed by atoms with Crippen molar-refractivity contribution < 1.29 is 21.6 Å². The van der Waals surface area contributed by atoms with E-state index in [-0.39, 0.29) is 15.9 Å². The summed E-state index contributed by atoms with van der Waals surface area (Å²) >= 11 is 0. The SMILES string of the molecule is Cc1cc(S(=O)(=O)N2CCOC(C)C2)ccc1-c1cccc(S(C)(=O)=O)c1. The van der Waals surface area contributed by atoms with Crippen molar-refractivity contribution in [3.8, 4) is 11.1 Å². The van der Waals surface area contributed by atoms with E-state index in [0.29, 0.717) is 19.7 Å². The number of nitrogens with zero attached hydrogens (tertiary/aromatic N) is 1. The molecule has 1 unspecified atom stereocenters. The second kappa shape index (κ2) is 7.35. The van der Waals surface area contributed by atoms with Crippen LogP contribution in [0.25, 0.3) is 11.1 Å². The van der Waals surface area contributed by atoms with Gasteiger partial charge in [0.25, 0.3) is 0 Å². The zero-order chi connectivity index (χ0) is 19.8. The second-order valence-corrected chi connectivity index (χ2v) is 10.8. The number of hydrogen-bond acceptors (Lipinski definition) is 5. The molecule has 1 aliphatic rings. The third-order valence-corrected chi connectivity index (χ3v) is 7.58. The lowest BCUT2D eigenvalue weighted by Gasteiger charge is -2.30. The van der Waals surface area contributed by atoms with E-state index >= 15 is 0 Å². The number of sulfone groups is 1. The fourth-order valence-corrected chi connectivity index (χ4v) is 5.42. The fraction of sp³-hybridized carbons (Fsp3) is 0.368. The Labute approximate surface area is 160 Å². The lowest BCUT2D eigenvalue weighted by atomic mass is 10.0. The summed E-state index contributed by atoms with van der Waals surface area (Å²) in [7, 11) is -6.90. The smallest absolute Gasteiger partial charge is 0.243 e. The summed E-state index contributed by atoms with van der Waals surface area (Å²) in [5.74, 6) is 0. The summed E-state index contributed by atoms with van der Waals surface area (Å²) < 4.78 is 56.3. The monoisotopic (exact) mass is 409 g/mol. The van der Waals surface area contributed by atoms with Crippen molar-refractivity contribution in [2.24, 2.45) is 0 Å². The summed E-state index contributed by atoms with van der Waals surface area (Å²) in [6.45, 7) is 4.73. The molecule has 3 rings (SSSR count). The van der Waals surface area contributed by atoms with Crippen molar-refractivity contribution in [2.75, 3.05) is 26.0 Å². The largest absolute Gasteiger partial charge is 0.376 e. The van der Waals surface area contributed by atoms with Gasteiger partial charge < -0.3 is 4.74 Å². The number of benzene rings is 2. The minimum atomic E-state index is -3.59. The molecule has 0 spiro atoms. The molecule has 146 valence electrons. The number of rotatable bonds is 4. The number of morpholine rings is 1. The highest BCUT2D eigenvalue weighted by Gasteiger charge is 2.29. The second-order valence-electron chi connectivity index (χ2n) is 6.82. The van der Waals surface area contributed by atoms with E-state index in [2.05, 4.69) is 0 Å². The highest BCUT2D eigenvalue weighted by molar-refractivity contribution is 7.90. The molecule has 1 saturated heterocycles. The molecule has 1 heterocycles. The van der Waals surface area contributed by atoms with Gasteiger partial charge in [-0.25, -0.2) is 16.8 Å². The van der Waals surface area contributed by atoms with Crippen LogP contribution >= 0.6 is 0 Å². The van der Waals surface area contributed by atoms with Crippen LogP contribution in [0.3, 0.4) is 0 Å². The molecule has 0 radical (unpaired) electrons. The highest BCUT2D eigenvalue weighted by Crippen LogP contribution is 2.29. The van der Waals surface area contributed by atoms with Crippen molar-refractivity contribution in [3.05, 3.63) is 48.0 Å². The van der Waals surface area contributed by atoms with Crippen molar-refractivity contribution in [3.63, 3.8) is 0 Å². The van der Waals surface area contributed by atoms with Gasteiger partial charge in [-0.1, -0.05) is 18.2 Å². The van der Waals surface area contributed by atoms with Crippen molar-refractivity contribution in [1.82, 2.24) is 4.31 Å². The van der Waals surface area contributed by atoms with Crippen LogP contribution in [0.1, 0.15) is 12.5 Å². The van der Waals surface area contributed by atoms with Gasteiger partial charge in [0.2, 0.25) is 10.0 Å². The average Bonchev–Trinajstić information content (AvgIpc) is 2.61. The number of sulfonamides is 1. The van der Waals surface area contributed by atoms with Crippen LogP contribution in [0.5, 0.6) is 0 Å². The molecule has 2 aromatic carbocycles. The first-order valence-corrected chi connectivity index (χ1v) is 11.9. The predicted molar refractivity (Wildman–Crippen MR) is 104 cm³/mol. The third-order valence-electron chi connectivity index (χ3n) is 4.61. The lowest BCUT2D eigenvalue weighted by molar-refractivity contribution is 0.0102. The average molecular weight is 410 g/mol. The van der Waals surface area contributed by atoms with Crippen LogP contribution in [0.2, 0.25) is 0 Å². The number of hydrogen-bond donors (Lipinski definition) is 0. The summed E-state index contributed by atoms with van der Waals surface area (Å²) in [5.41, 5.74) is 2.30. The van der Waals surface area contributed by atoms with E-state index in [9.17, 15) is 16.8 Å². The van der Waals surface area contributed by atoms with E-state index in [1.54, 1.807) is 36.4 Å². The standard InChI is InChI=1S/C19H23NO5S2/c1-14-11-18(27(23,24)20-9-10-25-15(2)13-20)7-8-19(14)16-5-4-6-17(12-16)26(3,21)22/h4-8,11-12,15H,9-10,13H2,1-3H3. The Hall–Kier alpha value is -1.74. The van der Waals surface area contributed by atoms with Crippen molar-refractivity contribution >= 4 is 19.9 Å². The molecule has 1 fully saturated rings. The van der Waals surface area contributed by atoms with Crippen LogP contribution in [0, 0.1) is 6.92 Å². The molecule has 0 amide bonds. The van der Waals surface area contributed by atoms with Gasteiger partial charge in [-0.05, 0) is 54.8 Å². The van der Waals surface area contributed by atoms with Gasteiger partial charge in [-0.2, -0.15) is 4.31 Å². The quantitative estimate of drug-likeness (QED) is 0.775. The Balaban J connectivity index is 1.97. The summed E-state index contributed by atoms with van der Waals surface area (Å²) in [5, 5.41) is 0. The van der Waals surface area contributed by atoms with Gasteiger partial charge in [0, 0.05) is 19.3 Å². The van der Waals surface area contributed by atoms with E-state index in [0.717, 1.165) is 22.9 Å². The minimum Gasteiger partial charge on any atom is -0.376 e. The van der Waals surface area contributed by atoms with Crippen LogP contribution in [0.15, 0.2) is 52.3 Å². The Morgan fingerprint density at radius 1 is 1.04 bits per heavy atom. The normalized spacial score (nSPS) is 19.1. The maximum Gasteiger partial charge on any atom is 0.243 e. The van der Waals surface area contributed by atoms with Gasteiger partial charge in [0.15, 0.2) is 9.84 Å². The Bertz CT molecular complexity index is 1060. The molecule has 0 N–H and O–H groups in total. The molecule has 0 aromatic heterocycles. The molecule has 8 heteroatoms. The Morgan fingerprint density at radius 2 is 1.78 bits per heavy atom. The first-order chi connectivity index (χ1) is 12.6. The molecule has 6 nitrogen and oxygen atoms in total. The van der Waals surface area contributed by atoms with Crippen LogP contribution in [-0.4, -0.2) is 53.2 Å². The van der Waals surface area contributed by atoms with Gasteiger partial charge in [-0.3, -0.25) is 0 Å². The molecule has 1 aliphatic heterocycles. The van der Waals surface area contributed by atoms with E-state index < -0.39 is 19.9 Å². The zero-order valence-corrected chi connectivity index (χ0v) is 17.2. The Kier molecular flexibility index (Phi) is 5.45. The van der Waals surface area contributed by atoms with E-state index in [1.165, 1.54) is 4.31 Å². The summed E-state index contributed by atoms with van der Waals surface area (Å²) in [4.78, 5) is 0.468. The van der Waals surface area contributed by atoms with E-state index in [4.69, 9.17) is 4.74 Å². The molecular weight excluding hydrogens is 386 g/mol. The maximum atomic E-state index is 12.9. The van der Waals surface area contributed by atoms with E-state index in [1.807, 2.05) is 19.9 Å². The van der Waals surface area contributed by atoms with Crippen molar-refractivity contribution in [2.45, 2.75) is 29.7 Å². The predicted octanol–water partition coefficient (Wildman–Crippen LogP) is 2.47. The molecule has 1 atom stereocenters. The van der Waals surface area contributed by atoms with Crippen LogP contribution < -0.4 is 0 Å². The fourth-order valence-electron chi connectivity index (χ4n) is 3.17. The van der Waals surface area contributed by atoms with Crippen molar-refractivity contribution in [1.29, 1.82) is 0 Å². The van der Waals surface area contributed by atoms with Crippen LogP contribution in [0.4, 0.5) is 0 Å². The molecule has 27 heavy (non-hydrogen) atoms. The Morgan fingerprint density at radius 3 is 2.41 bits per heavy atom. The third kappa shape index (κ3) is 4.24. The highest BCUT2D eigenvalue weighted by atomic mass is 32.2. The van der Waals surface area contributed by atoms with Gasteiger partial charge >= 0.3 is 0 Å². The van der Waals surface area contributed by atoms with Crippen LogP contribution in [-0.2, 0) is 24.6 Å². The molecular formula is C19H23NO5S2. The zero-order valence-electron chi connectivity index (χ0n) is 15.5. The minimum absolute atomic E-state index is 0.132. The summed E-state index contributed by atoms with van der Waals surface area (Å²) in [6.07, 6.45) is 1.03. The molecule has 0 bridgehead atoms. The van der Waals surface area contributed by atoms with Gasteiger partial charge in [0.05, 0.1) is 22.5 Å². The topological polar surface area (TPSA) is 80.8 Å². The number of ether oxygens (including phenoxy) is 1. The first kappa shape index (κ1) is 20.0. The maximum absolute atomic E-state index is 12.9. The van der Waals surface area contributed by atoms with Gasteiger partial charge in [-0.15, -0.1) is 0 Å². The lowest BCUT2D eigenvalue weighted by Crippen LogP contribution is -2.44. The molecule has 0 saturated carbocycles. The molecule has 0 aliphatic carbocycles. The number of aryl methyl sites for hydroxylation is 1. The van der Waals surface area contributed by atoms with Gasteiger partial charge in [0.1, 0.15) is 0 Å². The first-order valence-electron chi connectivity index (χ1n) is 8.62. The molecule has 2 aromatic rings. The summed E-state index contributed by atoms with van der Waals surface area (Å²) in [6, 6.07) is 11.6.